The SMILES string of the molecule is COc1cc(C(C)=O)ccc1-c1ccc2[nH]c(-c3c(F)cccc3F)cc2c1. The van der Waals surface area contributed by atoms with Crippen molar-refractivity contribution in [3.05, 3.63) is 77.9 Å². The molecule has 0 saturated heterocycles. The van der Waals surface area contributed by atoms with Crippen molar-refractivity contribution in [1.29, 1.82) is 0 Å². The number of ether oxygens (including phenoxy) is 1. The average Bonchev–Trinajstić information content (AvgIpc) is 3.09. The van der Waals surface area contributed by atoms with Crippen LogP contribution in [0.2, 0.25) is 0 Å². The van der Waals surface area contributed by atoms with Crippen molar-refractivity contribution in [1.82, 2.24) is 4.98 Å². The van der Waals surface area contributed by atoms with Crippen molar-refractivity contribution in [2.75, 3.05) is 7.11 Å². The van der Waals surface area contributed by atoms with Gasteiger partial charge in [0.15, 0.2) is 5.78 Å². The third-order valence-corrected chi connectivity index (χ3v) is 4.77. The molecule has 0 aliphatic heterocycles. The maximum Gasteiger partial charge on any atom is 0.159 e. The minimum absolute atomic E-state index is 0.0394. The number of carbonyl (C=O) groups is 1. The first kappa shape index (κ1) is 17.9. The number of aromatic amines is 1. The van der Waals surface area contributed by atoms with Crippen molar-refractivity contribution in [3.8, 4) is 28.1 Å². The van der Waals surface area contributed by atoms with E-state index in [1.807, 2.05) is 24.3 Å². The van der Waals surface area contributed by atoms with E-state index < -0.39 is 11.6 Å². The number of methoxy groups -OCH3 is 1. The molecule has 5 heteroatoms. The largest absolute Gasteiger partial charge is 0.496 e. The molecule has 4 rings (SSSR count). The number of fused-ring (bicyclic) bond motifs is 1. The lowest BCUT2D eigenvalue weighted by molar-refractivity contribution is 0.101. The first-order chi connectivity index (χ1) is 13.5. The summed E-state index contributed by atoms with van der Waals surface area (Å²) in [5.74, 6) is -0.688. The molecule has 0 atom stereocenters. The summed E-state index contributed by atoms with van der Waals surface area (Å²) in [7, 11) is 1.55. The highest BCUT2D eigenvalue weighted by Crippen LogP contribution is 2.35. The quantitative estimate of drug-likeness (QED) is 0.444. The third kappa shape index (κ3) is 3.05. The average molecular weight is 377 g/mol. The zero-order chi connectivity index (χ0) is 19.8. The van der Waals surface area contributed by atoms with Crippen LogP contribution in [0.25, 0.3) is 33.3 Å². The normalized spacial score (nSPS) is 11.0. The fourth-order valence-electron chi connectivity index (χ4n) is 3.34. The minimum Gasteiger partial charge on any atom is -0.496 e. The zero-order valence-electron chi connectivity index (χ0n) is 15.3. The Hall–Kier alpha value is -3.47. The van der Waals surface area contributed by atoms with E-state index in [-0.39, 0.29) is 11.3 Å². The van der Waals surface area contributed by atoms with Gasteiger partial charge in [0.2, 0.25) is 0 Å². The molecule has 28 heavy (non-hydrogen) atoms. The summed E-state index contributed by atoms with van der Waals surface area (Å²) >= 11 is 0. The van der Waals surface area contributed by atoms with Crippen molar-refractivity contribution in [2.24, 2.45) is 0 Å². The summed E-state index contributed by atoms with van der Waals surface area (Å²) in [6.45, 7) is 1.50. The molecule has 0 fully saturated rings. The van der Waals surface area contributed by atoms with Crippen molar-refractivity contribution < 1.29 is 18.3 Å². The molecule has 0 amide bonds. The third-order valence-electron chi connectivity index (χ3n) is 4.77. The van der Waals surface area contributed by atoms with E-state index >= 15 is 0 Å². The van der Waals surface area contributed by atoms with Gasteiger partial charge >= 0.3 is 0 Å². The maximum atomic E-state index is 14.1. The van der Waals surface area contributed by atoms with Crippen LogP contribution >= 0.6 is 0 Å². The fraction of sp³-hybridized carbons (Fsp3) is 0.0870. The second kappa shape index (κ2) is 6.93. The number of benzene rings is 3. The van der Waals surface area contributed by atoms with Gasteiger partial charge < -0.3 is 9.72 Å². The fourth-order valence-corrected chi connectivity index (χ4v) is 3.34. The van der Waals surface area contributed by atoms with Gasteiger partial charge in [-0.1, -0.05) is 18.2 Å². The monoisotopic (exact) mass is 377 g/mol. The summed E-state index contributed by atoms with van der Waals surface area (Å²) < 4.78 is 33.7. The van der Waals surface area contributed by atoms with E-state index in [1.54, 1.807) is 25.3 Å². The van der Waals surface area contributed by atoms with Gasteiger partial charge in [-0.2, -0.15) is 0 Å². The van der Waals surface area contributed by atoms with E-state index in [9.17, 15) is 13.6 Å². The second-order valence-electron chi connectivity index (χ2n) is 6.55. The van der Waals surface area contributed by atoms with Crippen molar-refractivity contribution in [3.63, 3.8) is 0 Å². The summed E-state index contributed by atoms with van der Waals surface area (Å²) in [6, 6.07) is 16.5. The van der Waals surface area contributed by atoms with Crippen LogP contribution in [0.1, 0.15) is 17.3 Å². The predicted octanol–water partition coefficient (Wildman–Crippen LogP) is 5.99. The molecule has 0 spiro atoms. The topological polar surface area (TPSA) is 42.1 Å². The first-order valence-electron chi connectivity index (χ1n) is 8.74. The smallest absolute Gasteiger partial charge is 0.159 e. The standard InChI is InChI=1S/C23H17F2NO2/c1-13(27)14-6-8-17(22(12-14)28-2)15-7-9-20-16(10-15)11-21(26-20)23-18(24)4-3-5-19(23)25/h3-12,26H,1-2H3. The summed E-state index contributed by atoms with van der Waals surface area (Å²) in [4.78, 5) is 14.7. The Bertz CT molecular complexity index is 1190. The molecule has 0 unspecified atom stereocenters. The highest BCUT2D eigenvalue weighted by atomic mass is 19.1. The van der Waals surface area contributed by atoms with Crippen LogP contribution in [-0.4, -0.2) is 17.9 Å². The molecular weight excluding hydrogens is 360 g/mol. The Balaban J connectivity index is 1.82. The lowest BCUT2D eigenvalue weighted by Crippen LogP contribution is -1.95. The molecule has 3 aromatic carbocycles. The number of aromatic nitrogens is 1. The molecule has 4 aromatic rings. The molecule has 0 aliphatic carbocycles. The first-order valence-corrected chi connectivity index (χ1v) is 8.74. The number of hydrogen-bond donors (Lipinski definition) is 1. The molecule has 0 saturated carbocycles. The second-order valence-corrected chi connectivity index (χ2v) is 6.55. The number of ketones is 1. The molecule has 0 bridgehead atoms. The van der Waals surface area contributed by atoms with Gasteiger partial charge in [0.05, 0.1) is 18.4 Å². The highest BCUT2D eigenvalue weighted by Gasteiger charge is 2.15. The van der Waals surface area contributed by atoms with Crippen LogP contribution in [0, 0.1) is 11.6 Å². The predicted molar refractivity (Wildman–Crippen MR) is 106 cm³/mol. The van der Waals surface area contributed by atoms with E-state index in [1.165, 1.54) is 25.1 Å². The maximum absolute atomic E-state index is 14.1. The molecule has 0 radical (unpaired) electrons. The van der Waals surface area contributed by atoms with E-state index in [4.69, 9.17) is 4.74 Å². The number of rotatable bonds is 4. The van der Waals surface area contributed by atoms with Crippen LogP contribution in [0.15, 0.2) is 60.7 Å². The number of nitrogens with one attached hydrogen (secondary N) is 1. The minimum atomic E-state index is -0.617. The van der Waals surface area contributed by atoms with Gasteiger partial charge in [0.25, 0.3) is 0 Å². The van der Waals surface area contributed by atoms with Gasteiger partial charge in [0.1, 0.15) is 17.4 Å². The van der Waals surface area contributed by atoms with Gasteiger partial charge in [-0.25, -0.2) is 8.78 Å². The summed E-state index contributed by atoms with van der Waals surface area (Å²) in [5, 5.41) is 0.813. The summed E-state index contributed by atoms with van der Waals surface area (Å²) in [6.07, 6.45) is 0. The number of carbonyl (C=O) groups excluding carboxylic acids is 1. The Morgan fingerprint density at radius 1 is 0.964 bits per heavy atom. The van der Waals surface area contributed by atoms with Crippen LogP contribution in [0.5, 0.6) is 5.75 Å². The molecule has 1 heterocycles. The van der Waals surface area contributed by atoms with Crippen LogP contribution in [0.3, 0.4) is 0 Å². The van der Waals surface area contributed by atoms with Crippen molar-refractivity contribution in [2.45, 2.75) is 6.92 Å². The Labute approximate surface area is 160 Å². The van der Waals surface area contributed by atoms with Gasteiger partial charge in [-0.05, 0) is 55.0 Å². The number of Topliss-reactive ketones (excluding diaryl/α,β-unsaturated/α-hetero) is 1. The molecular formula is C23H17F2NO2. The van der Waals surface area contributed by atoms with Gasteiger partial charge in [-0.15, -0.1) is 0 Å². The van der Waals surface area contributed by atoms with E-state index in [2.05, 4.69) is 4.98 Å². The Kier molecular flexibility index (Phi) is 4.43. The Morgan fingerprint density at radius 3 is 2.39 bits per heavy atom. The van der Waals surface area contributed by atoms with E-state index in [0.717, 1.165) is 22.0 Å². The number of hydrogen-bond acceptors (Lipinski definition) is 2. The van der Waals surface area contributed by atoms with E-state index in [0.29, 0.717) is 17.0 Å². The molecule has 1 N–H and O–H groups in total. The highest BCUT2D eigenvalue weighted by molar-refractivity contribution is 5.96. The van der Waals surface area contributed by atoms with Crippen molar-refractivity contribution >= 4 is 16.7 Å². The van der Waals surface area contributed by atoms with Crippen LogP contribution < -0.4 is 4.74 Å². The molecule has 0 aliphatic rings. The number of H-pyrrole nitrogens is 1. The zero-order valence-corrected chi connectivity index (χ0v) is 15.3. The molecule has 140 valence electrons. The lowest BCUT2D eigenvalue weighted by Gasteiger charge is -2.10. The Morgan fingerprint density at radius 2 is 1.71 bits per heavy atom. The summed E-state index contributed by atoms with van der Waals surface area (Å²) in [5.41, 5.74) is 3.33. The van der Waals surface area contributed by atoms with Crippen LogP contribution in [0.4, 0.5) is 8.78 Å². The lowest BCUT2D eigenvalue weighted by atomic mass is 10.00. The van der Waals surface area contributed by atoms with Crippen LogP contribution in [-0.2, 0) is 0 Å². The van der Waals surface area contributed by atoms with Gasteiger partial charge in [0, 0.05) is 22.0 Å². The number of halogens is 2. The molecule has 3 nitrogen and oxygen atoms in total. The van der Waals surface area contributed by atoms with Gasteiger partial charge in [-0.3, -0.25) is 4.79 Å². The molecule has 1 aromatic heterocycles.